The summed E-state index contributed by atoms with van der Waals surface area (Å²) in [4.78, 5) is 12.0. The standard InChI is InChI=1S/C11H21N5O2/c1-4-6-17-10-13-9(16-12)14-11(15-10)18-7-5-8(2)3/h8H,4-7,12H2,1-3H3,(H,13,14,15,16). The Morgan fingerprint density at radius 3 is 2.22 bits per heavy atom. The maximum absolute atomic E-state index is 5.44. The molecule has 0 spiro atoms. The Labute approximate surface area is 107 Å². The molecular formula is C11H21N5O2. The molecule has 0 amide bonds. The molecular weight excluding hydrogens is 234 g/mol. The quantitative estimate of drug-likeness (QED) is 0.535. The number of aromatic nitrogens is 3. The Bertz CT molecular complexity index is 359. The van der Waals surface area contributed by atoms with Crippen molar-refractivity contribution in [2.75, 3.05) is 18.6 Å². The van der Waals surface area contributed by atoms with Crippen LogP contribution in [0.25, 0.3) is 0 Å². The molecule has 1 aromatic rings. The molecule has 7 nitrogen and oxygen atoms in total. The number of nitrogens with zero attached hydrogens (tertiary/aromatic N) is 3. The van der Waals surface area contributed by atoms with Crippen LogP contribution in [0.15, 0.2) is 0 Å². The number of hydrogen-bond acceptors (Lipinski definition) is 7. The zero-order valence-electron chi connectivity index (χ0n) is 11.1. The third-order valence-corrected chi connectivity index (χ3v) is 2.09. The number of ether oxygens (including phenoxy) is 2. The molecule has 1 heterocycles. The summed E-state index contributed by atoms with van der Waals surface area (Å²) < 4.78 is 10.8. The molecule has 0 aliphatic heterocycles. The molecule has 3 N–H and O–H groups in total. The number of rotatable bonds is 8. The van der Waals surface area contributed by atoms with Crippen molar-refractivity contribution in [3.63, 3.8) is 0 Å². The molecule has 7 heteroatoms. The van der Waals surface area contributed by atoms with Gasteiger partial charge >= 0.3 is 12.0 Å². The monoisotopic (exact) mass is 255 g/mol. The minimum Gasteiger partial charge on any atom is -0.463 e. The first-order valence-electron chi connectivity index (χ1n) is 6.14. The molecule has 0 saturated heterocycles. The number of nitrogens with two attached hydrogens (primary N) is 1. The van der Waals surface area contributed by atoms with E-state index in [1.165, 1.54) is 0 Å². The van der Waals surface area contributed by atoms with Crippen LogP contribution in [0.1, 0.15) is 33.6 Å². The van der Waals surface area contributed by atoms with Gasteiger partial charge in [-0.25, -0.2) is 5.84 Å². The van der Waals surface area contributed by atoms with Crippen molar-refractivity contribution < 1.29 is 9.47 Å². The molecule has 18 heavy (non-hydrogen) atoms. The molecule has 0 radical (unpaired) electrons. The van der Waals surface area contributed by atoms with Crippen LogP contribution in [0.2, 0.25) is 0 Å². The lowest BCUT2D eigenvalue weighted by atomic mass is 10.1. The van der Waals surface area contributed by atoms with E-state index in [4.69, 9.17) is 15.3 Å². The van der Waals surface area contributed by atoms with Gasteiger partial charge in [-0.05, 0) is 18.8 Å². The van der Waals surface area contributed by atoms with Crippen molar-refractivity contribution in [1.29, 1.82) is 0 Å². The molecule has 0 bridgehead atoms. The number of hydrogen-bond donors (Lipinski definition) is 2. The third kappa shape index (κ3) is 5.13. The summed E-state index contributed by atoms with van der Waals surface area (Å²) in [5.74, 6) is 6.08. The topological polar surface area (TPSA) is 95.2 Å². The Balaban J connectivity index is 2.64. The fourth-order valence-electron chi connectivity index (χ4n) is 1.11. The second kappa shape index (κ2) is 7.65. The SMILES string of the molecule is CCCOc1nc(NN)nc(OCCC(C)C)n1. The van der Waals surface area contributed by atoms with Crippen LogP contribution < -0.4 is 20.7 Å². The molecule has 0 aliphatic rings. The van der Waals surface area contributed by atoms with Crippen LogP contribution in [0, 0.1) is 5.92 Å². The first-order valence-corrected chi connectivity index (χ1v) is 6.14. The minimum absolute atomic E-state index is 0.222. The summed E-state index contributed by atoms with van der Waals surface area (Å²) in [6.07, 6.45) is 1.81. The van der Waals surface area contributed by atoms with Gasteiger partial charge in [0.05, 0.1) is 13.2 Å². The average molecular weight is 255 g/mol. The van der Waals surface area contributed by atoms with E-state index in [2.05, 4.69) is 34.2 Å². The van der Waals surface area contributed by atoms with Crippen molar-refractivity contribution in [2.24, 2.45) is 11.8 Å². The van der Waals surface area contributed by atoms with Gasteiger partial charge in [-0.3, -0.25) is 5.43 Å². The van der Waals surface area contributed by atoms with Crippen LogP contribution in [-0.4, -0.2) is 28.2 Å². The molecule has 1 aromatic heterocycles. The van der Waals surface area contributed by atoms with E-state index in [1.54, 1.807) is 0 Å². The highest BCUT2D eigenvalue weighted by Crippen LogP contribution is 2.13. The predicted octanol–water partition coefficient (Wildman–Crippen LogP) is 1.37. The van der Waals surface area contributed by atoms with Gasteiger partial charge in [-0.2, -0.15) is 9.97 Å². The maximum atomic E-state index is 5.44. The summed E-state index contributed by atoms with van der Waals surface area (Å²) in [5, 5.41) is 0. The van der Waals surface area contributed by atoms with Gasteiger partial charge in [-0.1, -0.05) is 20.8 Å². The van der Waals surface area contributed by atoms with E-state index in [1.807, 2.05) is 6.92 Å². The van der Waals surface area contributed by atoms with E-state index < -0.39 is 0 Å². The van der Waals surface area contributed by atoms with E-state index in [9.17, 15) is 0 Å². The van der Waals surface area contributed by atoms with Gasteiger partial charge in [0.25, 0.3) is 0 Å². The summed E-state index contributed by atoms with van der Waals surface area (Å²) >= 11 is 0. The highest BCUT2D eigenvalue weighted by Gasteiger charge is 2.08. The molecule has 0 saturated carbocycles. The number of nitrogens with one attached hydrogen (secondary N) is 1. The van der Waals surface area contributed by atoms with Crippen molar-refractivity contribution >= 4 is 5.95 Å². The van der Waals surface area contributed by atoms with Crippen molar-refractivity contribution in [1.82, 2.24) is 15.0 Å². The molecule has 0 fully saturated rings. The fourth-order valence-corrected chi connectivity index (χ4v) is 1.11. The van der Waals surface area contributed by atoms with Crippen LogP contribution in [-0.2, 0) is 0 Å². The second-order valence-corrected chi connectivity index (χ2v) is 4.25. The third-order valence-electron chi connectivity index (χ3n) is 2.09. The Morgan fingerprint density at radius 1 is 1.11 bits per heavy atom. The first-order chi connectivity index (χ1) is 8.65. The normalized spacial score (nSPS) is 10.5. The van der Waals surface area contributed by atoms with Crippen molar-refractivity contribution in [2.45, 2.75) is 33.6 Å². The minimum atomic E-state index is 0.222. The van der Waals surface area contributed by atoms with Crippen LogP contribution >= 0.6 is 0 Å². The zero-order valence-corrected chi connectivity index (χ0v) is 11.1. The Hall–Kier alpha value is -1.63. The largest absolute Gasteiger partial charge is 0.463 e. The maximum Gasteiger partial charge on any atom is 0.324 e. The van der Waals surface area contributed by atoms with Gasteiger partial charge < -0.3 is 9.47 Å². The first kappa shape index (κ1) is 14.4. The van der Waals surface area contributed by atoms with Crippen LogP contribution in [0.3, 0.4) is 0 Å². The molecule has 102 valence electrons. The molecule has 1 rings (SSSR count). The van der Waals surface area contributed by atoms with E-state index in [0.717, 1.165) is 12.8 Å². The Morgan fingerprint density at radius 2 is 1.72 bits per heavy atom. The Kier molecular flexibility index (Phi) is 6.13. The van der Waals surface area contributed by atoms with Crippen LogP contribution in [0.4, 0.5) is 5.95 Å². The van der Waals surface area contributed by atoms with Crippen molar-refractivity contribution in [3.05, 3.63) is 0 Å². The summed E-state index contributed by atoms with van der Waals surface area (Å²) in [6.45, 7) is 7.35. The average Bonchev–Trinajstić information content (AvgIpc) is 2.35. The van der Waals surface area contributed by atoms with E-state index in [-0.39, 0.29) is 18.0 Å². The zero-order chi connectivity index (χ0) is 13.4. The smallest absolute Gasteiger partial charge is 0.324 e. The number of hydrazine groups is 1. The van der Waals surface area contributed by atoms with Crippen LogP contribution in [0.5, 0.6) is 12.0 Å². The summed E-state index contributed by atoms with van der Waals surface area (Å²) in [5.41, 5.74) is 2.36. The van der Waals surface area contributed by atoms with E-state index in [0.29, 0.717) is 19.1 Å². The number of anilines is 1. The number of nitrogen functional groups attached to an aromatic ring is 1. The lowest BCUT2D eigenvalue weighted by molar-refractivity contribution is 0.250. The predicted molar refractivity (Wildman–Crippen MR) is 68.4 cm³/mol. The lowest BCUT2D eigenvalue weighted by Crippen LogP contribution is -2.14. The second-order valence-electron chi connectivity index (χ2n) is 4.25. The molecule has 0 atom stereocenters. The van der Waals surface area contributed by atoms with Gasteiger partial charge in [-0.15, -0.1) is 4.98 Å². The van der Waals surface area contributed by atoms with Gasteiger partial charge in [0.15, 0.2) is 0 Å². The highest BCUT2D eigenvalue weighted by atomic mass is 16.5. The van der Waals surface area contributed by atoms with Gasteiger partial charge in [0, 0.05) is 0 Å². The van der Waals surface area contributed by atoms with Gasteiger partial charge in [0.1, 0.15) is 0 Å². The summed E-state index contributed by atoms with van der Waals surface area (Å²) in [7, 11) is 0. The van der Waals surface area contributed by atoms with Gasteiger partial charge in [0.2, 0.25) is 5.95 Å². The molecule has 0 unspecified atom stereocenters. The fraction of sp³-hybridized carbons (Fsp3) is 0.727. The molecule has 0 aliphatic carbocycles. The molecule has 0 aromatic carbocycles. The highest BCUT2D eigenvalue weighted by molar-refractivity contribution is 5.25. The summed E-state index contributed by atoms with van der Waals surface area (Å²) in [6, 6.07) is 0.448. The lowest BCUT2D eigenvalue weighted by Gasteiger charge is -2.09. The van der Waals surface area contributed by atoms with Crippen molar-refractivity contribution in [3.8, 4) is 12.0 Å². The van der Waals surface area contributed by atoms with E-state index >= 15 is 0 Å².